The molecule has 0 spiro atoms. The minimum absolute atomic E-state index is 0.113. The van der Waals surface area contributed by atoms with Gasteiger partial charge in [-0.2, -0.15) is 0 Å². The van der Waals surface area contributed by atoms with E-state index in [0.717, 1.165) is 47.2 Å². The van der Waals surface area contributed by atoms with Crippen LogP contribution < -0.4 is 4.90 Å². The third-order valence-electron chi connectivity index (χ3n) is 4.68. The number of para-hydroxylation sites is 1. The normalized spacial score (nSPS) is 20.3. The SMILES string of the molecule is CC1CN(c2ncc(-c3cccc4cccnc34)cc2C=O)CC(C)O1. The highest BCUT2D eigenvalue weighted by atomic mass is 16.5. The molecule has 0 aliphatic carbocycles. The number of aldehydes is 1. The van der Waals surface area contributed by atoms with Crippen LogP contribution in [0.4, 0.5) is 5.82 Å². The van der Waals surface area contributed by atoms with Crippen molar-refractivity contribution in [2.75, 3.05) is 18.0 Å². The molecule has 3 aromatic rings. The number of carbonyl (C=O) groups is 1. The zero-order valence-electron chi connectivity index (χ0n) is 14.9. The molecule has 0 saturated carbocycles. The van der Waals surface area contributed by atoms with Crippen LogP contribution in [0.5, 0.6) is 0 Å². The Balaban J connectivity index is 1.77. The largest absolute Gasteiger partial charge is 0.372 e. The number of fused-ring (bicyclic) bond motifs is 1. The summed E-state index contributed by atoms with van der Waals surface area (Å²) in [6.07, 6.45) is 4.72. The number of carbonyl (C=O) groups excluding carboxylic acids is 1. The van der Waals surface area contributed by atoms with Gasteiger partial charge in [0, 0.05) is 42.0 Å². The van der Waals surface area contributed by atoms with Crippen LogP contribution in [-0.2, 0) is 4.74 Å². The summed E-state index contributed by atoms with van der Waals surface area (Å²) in [6, 6.07) is 11.9. The molecule has 1 aromatic carbocycles. The van der Waals surface area contributed by atoms with Gasteiger partial charge in [0.2, 0.25) is 0 Å². The van der Waals surface area contributed by atoms with Crippen LogP contribution in [0.15, 0.2) is 48.8 Å². The van der Waals surface area contributed by atoms with E-state index in [1.807, 2.05) is 56.4 Å². The van der Waals surface area contributed by atoms with Gasteiger partial charge in [0.25, 0.3) is 0 Å². The molecule has 2 atom stereocenters. The maximum atomic E-state index is 11.8. The van der Waals surface area contributed by atoms with E-state index in [9.17, 15) is 4.79 Å². The van der Waals surface area contributed by atoms with Crippen molar-refractivity contribution in [1.29, 1.82) is 0 Å². The van der Waals surface area contributed by atoms with Gasteiger partial charge in [0.1, 0.15) is 5.82 Å². The lowest BCUT2D eigenvalue weighted by Gasteiger charge is -2.36. The van der Waals surface area contributed by atoms with Crippen LogP contribution in [-0.4, -0.2) is 41.6 Å². The highest BCUT2D eigenvalue weighted by molar-refractivity contribution is 5.95. The van der Waals surface area contributed by atoms with Gasteiger partial charge < -0.3 is 9.64 Å². The quantitative estimate of drug-likeness (QED) is 0.676. The van der Waals surface area contributed by atoms with Crippen molar-refractivity contribution in [3.8, 4) is 11.1 Å². The molecule has 0 radical (unpaired) electrons. The van der Waals surface area contributed by atoms with Gasteiger partial charge in [-0.25, -0.2) is 4.98 Å². The first-order valence-corrected chi connectivity index (χ1v) is 8.85. The fourth-order valence-electron chi connectivity index (χ4n) is 3.66. The molecule has 26 heavy (non-hydrogen) atoms. The molecule has 1 aliphatic rings. The summed E-state index contributed by atoms with van der Waals surface area (Å²) in [7, 11) is 0. The van der Waals surface area contributed by atoms with Crippen molar-refractivity contribution in [3.05, 3.63) is 54.4 Å². The average molecular weight is 347 g/mol. The van der Waals surface area contributed by atoms with Crippen molar-refractivity contribution < 1.29 is 9.53 Å². The first-order chi connectivity index (χ1) is 12.7. The third kappa shape index (κ3) is 3.06. The minimum atomic E-state index is 0.113. The molecule has 1 saturated heterocycles. The van der Waals surface area contributed by atoms with Crippen LogP contribution in [0.1, 0.15) is 24.2 Å². The van der Waals surface area contributed by atoms with Crippen LogP contribution in [0.2, 0.25) is 0 Å². The minimum Gasteiger partial charge on any atom is -0.372 e. The molecule has 5 heteroatoms. The van der Waals surface area contributed by atoms with Gasteiger partial charge in [-0.1, -0.05) is 24.3 Å². The fraction of sp³-hybridized carbons (Fsp3) is 0.286. The van der Waals surface area contributed by atoms with Gasteiger partial charge in [-0.05, 0) is 26.0 Å². The second-order valence-electron chi connectivity index (χ2n) is 6.80. The number of hydrogen-bond donors (Lipinski definition) is 0. The summed E-state index contributed by atoms with van der Waals surface area (Å²) in [5.41, 5.74) is 3.38. The average Bonchev–Trinajstić information content (AvgIpc) is 2.66. The van der Waals surface area contributed by atoms with Crippen molar-refractivity contribution >= 4 is 23.0 Å². The number of rotatable bonds is 3. The first kappa shape index (κ1) is 16.7. The number of aromatic nitrogens is 2. The lowest BCUT2D eigenvalue weighted by Crippen LogP contribution is -2.46. The Morgan fingerprint density at radius 2 is 1.88 bits per heavy atom. The van der Waals surface area contributed by atoms with E-state index in [-0.39, 0.29) is 12.2 Å². The van der Waals surface area contributed by atoms with Crippen molar-refractivity contribution in [3.63, 3.8) is 0 Å². The zero-order chi connectivity index (χ0) is 18.1. The lowest BCUT2D eigenvalue weighted by molar-refractivity contribution is -0.00549. The molecule has 132 valence electrons. The van der Waals surface area contributed by atoms with Crippen LogP contribution in [0.25, 0.3) is 22.0 Å². The smallest absolute Gasteiger partial charge is 0.153 e. The Morgan fingerprint density at radius 3 is 2.65 bits per heavy atom. The number of anilines is 1. The van der Waals surface area contributed by atoms with E-state index < -0.39 is 0 Å². The Morgan fingerprint density at radius 1 is 1.12 bits per heavy atom. The van der Waals surface area contributed by atoms with Crippen LogP contribution in [0, 0.1) is 0 Å². The van der Waals surface area contributed by atoms with Crippen LogP contribution >= 0.6 is 0 Å². The van der Waals surface area contributed by atoms with E-state index in [1.54, 1.807) is 6.20 Å². The van der Waals surface area contributed by atoms with E-state index in [0.29, 0.717) is 5.56 Å². The van der Waals surface area contributed by atoms with E-state index in [4.69, 9.17) is 4.74 Å². The monoisotopic (exact) mass is 347 g/mol. The highest BCUT2D eigenvalue weighted by Crippen LogP contribution is 2.30. The molecule has 0 amide bonds. The van der Waals surface area contributed by atoms with Crippen molar-refractivity contribution in [1.82, 2.24) is 9.97 Å². The predicted octanol–water partition coefficient (Wildman–Crippen LogP) is 3.72. The standard InChI is InChI=1S/C21H21N3O2/c1-14-11-24(12-15(2)26-14)21-18(13-25)9-17(10-23-21)19-7-3-5-16-6-4-8-22-20(16)19/h3-10,13-15H,11-12H2,1-2H3. The molecule has 3 heterocycles. The number of pyridine rings is 2. The van der Waals surface area contributed by atoms with Crippen molar-refractivity contribution in [2.45, 2.75) is 26.1 Å². The highest BCUT2D eigenvalue weighted by Gasteiger charge is 2.25. The predicted molar refractivity (Wildman–Crippen MR) is 103 cm³/mol. The number of ether oxygens (including phenoxy) is 1. The Kier molecular flexibility index (Phi) is 4.39. The van der Waals surface area contributed by atoms with Crippen LogP contribution in [0.3, 0.4) is 0 Å². The third-order valence-corrected chi connectivity index (χ3v) is 4.68. The molecule has 5 nitrogen and oxygen atoms in total. The molecule has 0 bridgehead atoms. The van der Waals surface area contributed by atoms with Gasteiger partial charge >= 0.3 is 0 Å². The molecule has 1 fully saturated rings. The molecule has 2 unspecified atom stereocenters. The number of hydrogen-bond acceptors (Lipinski definition) is 5. The Bertz CT molecular complexity index is 942. The van der Waals surface area contributed by atoms with Gasteiger partial charge in [0.15, 0.2) is 6.29 Å². The molecular formula is C21H21N3O2. The molecule has 2 aromatic heterocycles. The second-order valence-corrected chi connectivity index (χ2v) is 6.80. The van der Waals surface area contributed by atoms with Gasteiger partial charge in [-0.3, -0.25) is 9.78 Å². The Labute approximate surface area is 152 Å². The van der Waals surface area contributed by atoms with E-state index in [1.165, 1.54) is 0 Å². The van der Waals surface area contributed by atoms with E-state index >= 15 is 0 Å². The van der Waals surface area contributed by atoms with Gasteiger partial charge in [-0.15, -0.1) is 0 Å². The molecular weight excluding hydrogens is 326 g/mol. The topological polar surface area (TPSA) is 55.3 Å². The summed E-state index contributed by atoms with van der Waals surface area (Å²) in [5, 5.41) is 1.07. The number of morpholine rings is 1. The Hall–Kier alpha value is -2.79. The molecule has 0 N–H and O–H groups in total. The maximum Gasteiger partial charge on any atom is 0.153 e. The second kappa shape index (κ2) is 6.84. The summed E-state index contributed by atoms with van der Waals surface area (Å²) in [4.78, 5) is 23.0. The first-order valence-electron chi connectivity index (χ1n) is 8.85. The number of benzene rings is 1. The fourth-order valence-corrected chi connectivity index (χ4v) is 3.66. The number of nitrogens with zero attached hydrogens (tertiary/aromatic N) is 3. The summed E-state index contributed by atoms with van der Waals surface area (Å²) >= 11 is 0. The molecule has 1 aliphatic heterocycles. The molecule has 4 rings (SSSR count). The maximum absolute atomic E-state index is 11.8. The van der Waals surface area contributed by atoms with Crippen molar-refractivity contribution in [2.24, 2.45) is 0 Å². The van der Waals surface area contributed by atoms with E-state index in [2.05, 4.69) is 14.9 Å². The summed E-state index contributed by atoms with van der Waals surface area (Å²) in [5.74, 6) is 0.721. The summed E-state index contributed by atoms with van der Waals surface area (Å²) < 4.78 is 5.79. The van der Waals surface area contributed by atoms with Gasteiger partial charge in [0.05, 0.1) is 23.3 Å². The lowest BCUT2D eigenvalue weighted by atomic mass is 10.0. The zero-order valence-corrected chi connectivity index (χ0v) is 14.9. The summed E-state index contributed by atoms with van der Waals surface area (Å²) in [6.45, 7) is 5.54.